The molecule has 4 rings (SSSR count). The van der Waals surface area contributed by atoms with Crippen LogP contribution in [0.1, 0.15) is 29.3 Å². The van der Waals surface area contributed by atoms with E-state index in [1.807, 2.05) is 53.6 Å². The molecule has 3 aromatic rings. The van der Waals surface area contributed by atoms with Crippen molar-refractivity contribution in [3.63, 3.8) is 0 Å². The molecule has 1 aromatic heterocycles. The maximum absolute atomic E-state index is 13.1. The van der Waals surface area contributed by atoms with Crippen LogP contribution in [0.5, 0.6) is 0 Å². The van der Waals surface area contributed by atoms with Gasteiger partial charge in [0.05, 0.1) is 0 Å². The Kier molecular flexibility index (Phi) is 6.96. The van der Waals surface area contributed by atoms with Gasteiger partial charge in [0.25, 0.3) is 5.91 Å². The fourth-order valence-electron chi connectivity index (χ4n) is 3.68. The number of nitrogens with one attached hydrogen (secondary N) is 4. The van der Waals surface area contributed by atoms with Gasteiger partial charge in [-0.05, 0) is 72.8 Å². The summed E-state index contributed by atoms with van der Waals surface area (Å²) in [4.78, 5) is 28.5. The van der Waals surface area contributed by atoms with Gasteiger partial charge in [0.2, 0.25) is 0 Å². The lowest BCUT2D eigenvalue weighted by Crippen LogP contribution is -2.39. The number of anilines is 3. The molecule has 2 heterocycles. The van der Waals surface area contributed by atoms with E-state index >= 15 is 0 Å². The third-order valence-corrected chi connectivity index (χ3v) is 6.54. The van der Waals surface area contributed by atoms with Crippen LogP contribution in [0.3, 0.4) is 0 Å². The van der Waals surface area contributed by atoms with E-state index in [1.54, 1.807) is 18.2 Å². The van der Waals surface area contributed by atoms with Crippen LogP contribution in [0.2, 0.25) is 5.02 Å². The Morgan fingerprint density at radius 3 is 2.55 bits per heavy atom. The number of thiophene rings is 1. The van der Waals surface area contributed by atoms with Gasteiger partial charge in [-0.15, -0.1) is 11.3 Å². The van der Waals surface area contributed by atoms with Crippen LogP contribution in [0.25, 0.3) is 0 Å². The maximum atomic E-state index is 13.1. The zero-order valence-electron chi connectivity index (χ0n) is 18.0. The molecule has 0 radical (unpaired) electrons. The number of halogens is 1. The van der Waals surface area contributed by atoms with Gasteiger partial charge < -0.3 is 20.9 Å². The Bertz CT molecular complexity index is 1160. The molecule has 0 spiro atoms. The van der Waals surface area contributed by atoms with Gasteiger partial charge in [0.15, 0.2) is 0 Å². The molecule has 3 amide bonds. The molecule has 4 N–H and O–H groups in total. The van der Waals surface area contributed by atoms with Crippen LogP contribution in [0.4, 0.5) is 21.9 Å². The highest BCUT2D eigenvalue weighted by Crippen LogP contribution is 2.25. The summed E-state index contributed by atoms with van der Waals surface area (Å²) >= 11 is 7.38. The minimum Gasteiger partial charge on any atom is -0.330 e. The molecule has 0 aliphatic carbocycles. The van der Waals surface area contributed by atoms with Gasteiger partial charge in [0.1, 0.15) is 11.9 Å². The summed E-state index contributed by atoms with van der Waals surface area (Å²) in [6.07, 6.45) is 1.76. The number of urea groups is 1. The van der Waals surface area contributed by atoms with Crippen molar-refractivity contribution in [2.75, 3.05) is 22.1 Å². The molecule has 1 aliphatic heterocycles. The molecule has 1 saturated heterocycles. The van der Waals surface area contributed by atoms with Gasteiger partial charge in [0, 0.05) is 39.9 Å². The standard InChI is InChI=1S/C24H24ClN5O2S/c1-15-14-16(25)6-11-19(15)28-24(32)29-22(20-4-3-13-33-20)23(31)27-17-7-9-18(10-8-17)30-12-2-5-21(30)26/h3-4,6-11,13-14,22,26H,2,5,12H2,1H3,(H,27,31)(H2,28,29,32)/t22-/m1/s1. The first-order valence-electron chi connectivity index (χ1n) is 10.5. The average Bonchev–Trinajstić information content (AvgIpc) is 3.46. The molecule has 9 heteroatoms. The number of nitrogens with zero attached hydrogens (tertiary/aromatic N) is 1. The lowest BCUT2D eigenvalue weighted by Gasteiger charge is -2.20. The second kappa shape index (κ2) is 10.1. The SMILES string of the molecule is Cc1cc(Cl)ccc1NC(=O)N[C@@H](C(=O)Nc1ccc(N2CCCC2=N)cc1)c1cccs1. The van der Waals surface area contributed by atoms with Gasteiger partial charge in [-0.2, -0.15) is 0 Å². The topological polar surface area (TPSA) is 97.3 Å². The van der Waals surface area contributed by atoms with Gasteiger partial charge in [-0.25, -0.2) is 4.79 Å². The van der Waals surface area contributed by atoms with Crippen LogP contribution in [-0.2, 0) is 4.79 Å². The zero-order valence-corrected chi connectivity index (χ0v) is 19.6. The Morgan fingerprint density at radius 2 is 1.91 bits per heavy atom. The van der Waals surface area contributed by atoms with E-state index in [4.69, 9.17) is 17.0 Å². The van der Waals surface area contributed by atoms with Gasteiger partial charge >= 0.3 is 6.03 Å². The number of carbonyl (C=O) groups excluding carboxylic acids is 2. The third kappa shape index (κ3) is 5.53. The van der Waals surface area contributed by atoms with E-state index in [0.717, 1.165) is 35.5 Å². The predicted octanol–water partition coefficient (Wildman–Crippen LogP) is 5.79. The third-order valence-electron chi connectivity index (χ3n) is 5.37. The van der Waals surface area contributed by atoms with Crippen molar-refractivity contribution in [3.8, 4) is 0 Å². The van der Waals surface area contributed by atoms with E-state index in [2.05, 4.69) is 16.0 Å². The predicted molar refractivity (Wildman–Crippen MR) is 135 cm³/mol. The van der Waals surface area contributed by atoms with Crippen molar-refractivity contribution in [1.29, 1.82) is 5.41 Å². The monoisotopic (exact) mass is 481 g/mol. The van der Waals surface area contributed by atoms with Crippen molar-refractivity contribution < 1.29 is 9.59 Å². The van der Waals surface area contributed by atoms with Gasteiger partial charge in [-0.3, -0.25) is 10.2 Å². The molecule has 33 heavy (non-hydrogen) atoms. The smallest absolute Gasteiger partial charge is 0.320 e. The number of amides is 3. The summed E-state index contributed by atoms with van der Waals surface area (Å²) < 4.78 is 0. The lowest BCUT2D eigenvalue weighted by molar-refractivity contribution is -0.118. The normalized spacial score (nSPS) is 14.1. The van der Waals surface area contributed by atoms with E-state index in [-0.39, 0.29) is 5.91 Å². The fourth-order valence-corrected chi connectivity index (χ4v) is 4.68. The first kappa shape index (κ1) is 22.8. The van der Waals surface area contributed by atoms with E-state index in [0.29, 0.717) is 22.2 Å². The number of rotatable bonds is 6. The molecule has 0 unspecified atom stereocenters. The van der Waals surface area contributed by atoms with E-state index < -0.39 is 12.1 Å². The van der Waals surface area contributed by atoms with Crippen LogP contribution in [0, 0.1) is 12.3 Å². The number of aryl methyl sites for hydroxylation is 1. The summed E-state index contributed by atoms with van der Waals surface area (Å²) in [5, 5.41) is 18.9. The lowest BCUT2D eigenvalue weighted by atomic mass is 10.2. The maximum Gasteiger partial charge on any atom is 0.320 e. The van der Waals surface area contributed by atoms with Crippen LogP contribution in [-0.4, -0.2) is 24.3 Å². The molecule has 1 atom stereocenters. The van der Waals surface area contributed by atoms with Crippen molar-refractivity contribution >= 4 is 57.8 Å². The van der Waals surface area contributed by atoms with Gasteiger partial charge in [-0.1, -0.05) is 17.7 Å². The minimum absolute atomic E-state index is 0.345. The summed E-state index contributed by atoms with van der Waals surface area (Å²) in [6, 6.07) is 14.9. The Balaban J connectivity index is 1.45. The molecular formula is C24H24ClN5O2S. The molecule has 1 aliphatic rings. The second-order valence-corrected chi connectivity index (χ2v) is 9.16. The fraction of sp³-hybridized carbons (Fsp3) is 0.208. The van der Waals surface area contributed by atoms with Crippen molar-refractivity contribution in [1.82, 2.24) is 5.32 Å². The summed E-state index contributed by atoms with van der Waals surface area (Å²) in [7, 11) is 0. The molecule has 1 fully saturated rings. The molecule has 2 aromatic carbocycles. The average molecular weight is 482 g/mol. The van der Waals surface area contributed by atoms with Crippen LogP contribution in [0.15, 0.2) is 60.0 Å². The number of hydrogen-bond donors (Lipinski definition) is 4. The largest absolute Gasteiger partial charge is 0.330 e. The van der Waals surface area contributed by atoms with Crippen LogP contribution < -0.4 is 20.9 Å². The molecule has 7 nitrogen and oxygen atoms in total. The summed E-state index contributed by atoms with van der Waals surface area (Å²) in [6.45, 7) is 2.68. The zero-order chi connectivity index (χ0) is 23.4. The van der Waals surface area contributed by atoms with E-state index in [1.165, 1.54) is 11.3 Å². The second-order valence-electron chi connectivity index (χ2n) is 7.74. The molecular weight excluding hydrogens is 458 g/mol. The highest BCUT2D eigenvalue weighted by atomic mass is 35.5. The molecule has 170 valence electrons. The first-order chi connectivity index (χ1) is 15.9. The number of carbonyl (C=O) groups is 2. The Morgan fingerprint density at radius 1 is 1.12 bits per heavy atom. The summed E-state index contributed by atoms with van der Waals surface area (Å²) in [5.41, 5.74) is 2.99. The highest BCUT2D eigenvalue weighted by molar-refractivity contribution is 7.10. The Hall–Kier alpha value is -3.36. The van der Waals surface area contributed by atoms with E-state index in [9.17, 15) is 9.59 Å². The summed E-state index contributed by atoms with van der Waals surface area (Å²) in [5.74, 6) is 0.262. The van der Waals surface area contributed by atoms with Crippen molar-refractivity contribution in [2.45, 2.75) is 25.8 Å². The minimum atomic E-state index is -0.857. The quantitative estimate of drug-likeness (QED) is 0.358. The van der Waals surface area contributed by atoms with Crippen molar-refractivity contribution in [3.05, 3.63) is 75.4 Å². The van der Waals surface area contributed by atoms with Crippen molar-refractivity contribution in [2.24, 2.45) is 0 Å². The van der Waals surface area contributed by atoms with Crippen LogP contribution >= 0.6 is 22.9 Å². The first-order valence-corrected chi connectivity index (χ1v) is 11.8. The Labute approximate surface area is 201 Å². The number of benzene rings is 2. The number of amidine groups is 1. The highest BCUT2D eigenvalue weighted by Gasteiger charge is 2.24. The molecule has 0 saturated carbocycles. The molecule has 0 bridgehead atoms. The number of hydrogen-bond acceptors (Lipinski definition) is 4.